The van der Waals surface area contributed by atoms with E-state index in [1.165, 1.54) is 0 Å². The summed E-state index contributed by atoms with van der Waals surface area (Å²) in [5, 5.41) is 12.8. The number of piperidine rings is 1. The van der Waals surface area contributed by atoms with E-state index in [-0.39, 0.29) is 17.9 Å². The van der Waals surface area contributed by atoms with Crippen LogP contribution in [0.5, 0.6) is 0 Å². The van der Waals surface area contributed by atoms with Gasteiger partial charge >= 0.3 is 0 Å². The minimum absolute atomic E-state index is 0.00484. The molecule has 0 aromatic heterocycles. The van der Waals surface area contributed by atoms with E-state index in [0.717, 1.165) is 12.0 Å². The second kappa shape index (κ2) is 7.13. The molecule has 1 atom stereocenters. The summed E-state index contributed by atoms with van der Waals surface area (Å²) in [7, 11) is 1.76. The fraction of sp³-hybridized carbons (Fsp3) is 0.556. The zero-order valence-electron chi connectivity index (χ0n) is 14.1. The van der Waals surface area contributed by atoms with Crippen molar-refractivity contribution in [1.82, 2.24) is 10.2 Å². The first-order valence-corrected chi connectivity index (χ1v) is 8.11. The summed E-state index contributed by atoms with van der Waals surface area (Å²) in [6.07, 6.45) is 2.54. The predicted octanol–water partition coefficient (Wildman–Crippen LogP) is 1.74. The van der Waals surface area contributed by atoms with Gasteiger partial charge in [-0.2, -0.15) is 0 Å². The number of carbonyl (C=O) groups excluding carboxylic acids is 2. The van der Waals surface area contributed by atoms with Gasteiger partial charge in [0, 0.05) is 31.6 Å². The van der Waals surface area contributed by atoms with Crippen molar-refractivity contribution < 1.29 is 14.7 Å². The summed E-state index contributed by atoms with van der Waals surface area (Å²) in [4.78, 5) is 25.5. The van der Waals surface area contributed by atoms with Crippen LogP contribution in [0.15, 0.2) is 24.3 Å². The summed E-state index contributed by atoms with van der Waals surface area (Å²) in [6, 6.07) is 7.50. The molecule has 1 aromatic carbocycles. The molecule has 2 N–H and O–H groups in total. The Balaban J connectivity index is 1.95. The van der Waals surface area contributed by atoms with Gasteiger partial charge in [0.05, 0.1) is 5.60 Å². The second-order valence-electron chi connectivity index (χ2n) is 7.00. The van der Waals surface area contributed by atoms with Gasteiger partial charge in [0.2, 0.25) is 5.91 Å². The standard InChI is InChI=1S/C18H26N2O3/c1-18(2,23)10-9-13-5-4-6-14(11-13)17(22)19-15-7-8-16(21)20(3)12-15/h4-6,11,15,23H,7-10,12H2,1-3H3,(H,19,22). The molecule has 0 aliphatic carbocycles. The molecule has 5 nitrogen and oxygen atoms in total. The van der Waals surface area contributed by atoms with Gasteiger partial charge in [0.25, 0.3) is 5.91 Å². The van der Waals surface area contributed by atoms with E-state index < -0.39 is 5.60 Å². The molecule has 0 spiro atoms. The highest BCUT2D eigenvalue weighted by Gasteiger charge is 2.24. The topological polar surface area (TPSA) is 69.6 Å². The molecule has 1 heterocycles. The van der Waals surface area contributed by atoms with E-state index in [1.807, 2.05) is 18.2 Å². The minimum atomic E-state index is -0.711. The molecule has 2 amide bonds. The lowest BCUT2D eigenvalue weighted by Crippen LogP contribution is -2.48. The number of aryl methyl sites for hydroxylation is 1. The Morgan fingerprint density at radius 3 is 2.83 bits per heavy atom. The Morgan fingerprint density at radius 1 is 1.43 bits per heavy atom. The molecular weight excluding hydrogens is 292 g/mol. The molecule has 23 heavy (non-hydrogen) atoms. The van der Waals surface area contributed by atoms with Crippen LogP contribution in [-0.2, 0) is 11.2 Å². The highest BCUT2D eigenvalue weighted by molar-refractivity contribution is 5.94. The Morgan fingerprint density at radius 2 is 2.17 bits per heavy atom. The molecule has 1 fully saturated rings. The average molecular weight is 318 g/mol. The molecule has 126 valence electrons. The van der Waals surface area contributed by atoms with Crippen LogP contribution in [0.2, 0.25) is 0 Å². The van der Waals surface area contributed by atoms with Crippen LogP contribution in [0, 0.1) is 0 Å². The predicted molar refractivity (Wildman–Crippen MR) is 89.2 cm³/mol. The number of aliphatic hydroxyl groups is 1. The lowest BCUT2D eigenvalue weighted by Gasteiger charge is -2.30. The molecule has 0 bridgehead atoms. The van der Waals surface area contributed by atoms with E-state index in [4.69, 9.17) is 0 Å². The maximum Gasteiger partial charge on any atom is 0.251 e. The van der Waals surface area contributed by atoms with Crippen LogP contribution in [-0.4, -0.2) is 47.1 Å². The zero-order chi connectivity index (χ0) is 17.0. The van der Waals surface area contributed by atoms with Crippen LogP contribution < -0.4 is 5.32 Å². The molecule has 5 heteroatoms. The molecule has 1 aliphatic heterocycles. The Labute approximate surface area is 137 Å². The normalized spacial score (nSPS) is 18.9. The molecule has 0 saturated carbocycles. The Bertz CT molecular complexity index is 578. The monoisotopic (exact) mass is 318 g/mol. The third-order valence-electron chi connectivity index (χ3n) is 4.18. The second-order valence-corrected chi connectivity index (χ2v) is 7.00. The van der Waals surface area contributed by atoms with Crippen molar-refractivity contribution in [3.63, 3.8) is 0 Å². The van der Waals surface area contributed by atoms with Crippen LogP contribution in [0.1, 0.15) is 49.0 Å². The number of nitrogens with zero attached hydrogens (tertiary/aromatic N) is 1. The summed E-state index contributed by atoms with van der Waals surface area (Å²) >= 11 is 0. The lowest BCUT2D eigenvalue weighted by atomic mass is 9.97. The Hall–Kier alpha value is -1.88. The van der Waals surface area contributed by atoms with Crippen LogP contribution in [0.25, 0.3) is 0 Å². The third-order valence-corrected chi connectivity index (χ3v) is 4.18. The van der Waals surface area contributed by atoms with Crippen LogP contribution >= 0.6 is 0 Å². The van der Waals surface area contributed by atoms with E-state index in [1.54, 1.807) is 31.9 Å². The number of amides is 2. The minimum Gasteiger partial charge on any atom is -0.390 e. The van der Waals surface area contributed by atoms with Crippen molar-refractivity contribution in [2.75, 3.05) is 13.6 Å². The van der Waals surface area contributed by atoms with Gasteiger partial charge in [0.15, 0.2) is 0 Å². The van der Waals surface area contributed by atoms with E-state index in [0.29, 0.717) is 31.4 Å². The number of hydrogen-bond donors (Lipinski definition) is 2. The maximum absolute atomic E-state index is 12.4. The van der Waals surface area contributed by atoms with Gasteiger partial charge < -0.3 is 15.3 Å². The highest BCUT2D eigenvalue weighted by Crippen LogP contribution is 2.15. The summed E-state index contributed by atoms with van der Waals surface area (Å²) in [5.41, 5.74) is 0.950. The summed E-state index contributed by atoms with van der Waals surface area (Å²) in [6.45, 7) is 4.12. The van der Waals surface area contributed by atoms with Crippen molar-refractivity contribution in [1.29, 1.82) is 0 Å². The molecule has 1 aliphatic rings. The van der Waals surface area contributed by atoms with Crippen molar-refractivity contribution in [2.24, 2.45) is 0 Å². The molecule has 1 aromatic rings. The first kappa shape index (κ1) is 17.5. The number of carbonyl (C=O) groups is 2. The van der Waals surface area contributed by atoms with Gasteiger partial charge in [-0.05, 0) is 50.8 Å². The largest absolute Gasteiger partial charge is 0.390 e. The van der Waals surface area contributed by atoms with Gasteiger partial charge in [0.1, 0.15) is 0 Å². The lowest BCUT2D eigenvalue weighted by molar-refractivity contribution is -0.132. The number of hydrogen-bond acceptors (Lipinski definition) is 3. The van der Waals surface area contributed by atoms with Crippen LogP contribution in [0.4, 0.5) is 0 Å². The van der Waals surface area contributed by atoms with Crippen molar-refractivity contribution in [3.8, 4) is 0 Å². The first-order valence-electron chi connectivity index (χ1n) is 8.11. The molecule has 2 rings (SSSR count). The maximum atomic E-state index is 12.4. The zero-order valence-corrected chi connectivity index (χ0v) is 14.1. The number of rotatable bonds is 5. The molecule has 1 saturated heterocycles. The third kappa shape index (κ3) is 5.36. The van der Waals surface area contributed by atoms with E-state index >= 15 is 0 Å². The van der Waals surface area contributed by atoms with E-state index in [9.17, 15) is 14.7 Å². The van der Waals surface area contributed by atoms with Gasteiger partial charge in [-0.15, -0.1) is 0 Å². The number of nitrogens with one attached hydrogen (secondary N) is 1. The number of benzene rings is 1. The van der Waals surface area contributed by atoms with Gasteiger partial charge in [-0.3, -0.25) is 9.59 Å². The van der Waals surface area contributed by atoms with Crippen molar-refractivity contribution in [3.05, 3.63) is 35.4 Å². The molecule has 1 unspecified atom stereocenters. The SMILES string of the molecule is CN1CC(NC(=O)c2cccc(CCC(C)(C)O)c2)CCC1=O. The highest BCUT2D eigenvalue weighted by atomic mass is 16.3. The number of likely N-dealkylation sites (N-methyl/N-ethyl adjacent to an activating group) is 1. The smallest absolute Gasteiger partial charge is 0.251 e. The van der Waals surface area contributed by atoms with Crippen LogP contribution in [0.3, 0.4) is 0 Å². The summed E-state index contributed by atoms with van der Waals surface area (Å²) in [5.74, 6) is 0.0203. The number of likely N-dealkylation sites (tertiary alicyclic amines) is 1. The first-order chi connectivity index (χ1) is 10.7. The van der Waals surface area contributed by atoms with Gasteiger partial charge in [-0.25, -0.2) is 0 Å². The van der Waals surface area contributed by atoms with Crippen molar-refractivity contribution in [2.45, 2.75) is 51.2 Å². The molecule has 0 radical (unpaired) electrons. The van der Waals surface area contributed by atoms with Crippen molar-refractivity contribution >= 4 is 11.8 Å². The average Bonchev–Trinajstić information content (AvgIpc) is 2.48. The molecular formula is C18H26N2O3. The quantitative estimate of drug-likeness (QED) is 0.869. The fourth-order valence-electron chi connectivity index (χ4n) is 2.72. The van der Waals surface area contributed by atoms with Gasteiger partial charge in [-0.1, -0.05) is 12.1 Å². The fourth-order valence-corrected chi connectivity index (χ4v) is 2.72. The van der Waals surface area contributed by atoms with E-state index in [2.05, 4.69) is 5.32 Å². The summed E-state index contributed by atoms with van der Waals surface area (Å²) < 4.78 is 0. The Kier molecular flexibility index (Phi) is 5.42.